The summed E-state index contributed by atoms with van der Waals surface area (Å²) in [7, 11) is 2.00. The Balaban J connectivity index is 2.48. The van der Waals surface area contributed by atoms with Crippen LogP contribution in [0.4, 0.5) is 0 Å². The van der Waals surface area contributed by atoms with Crippen LogP contribution < -0.4 is 0 Å². The summed E-state index contributed by atoms with van der Waals surface area (Å²) in [5.74, 6) is 0. The Hall–Kier alpha value is -0.490. The number of hydrogen-bond donors (Lipinski definition) is 1. The fourth-order valence-electron chi connectivity index (χ4n) is 1.73. The summed E-state index contributed by atoms with van der Waals surface area (Å²) in [6, 6.07) is 0. The van der Waals surface area contributed by atoms with Crippen LogP contribution in [-0.2, 0) is 11.3 Å². The molecule has 0 aromatic carbocycles. The number of aliphatic hydroxyl groups excluding tert-OH is 1. The molecule has 104 valence electrons. The Morgan fingerprint density at radius 2 is 2.22 bits per heavy atom. The van der Waals surface area contributed by atoms with Gasteiger partial charge in [0.15, 0.2) is 0 Å². The minimum Gasteiger partial charge on any atom is -0.392 e. The highest BCUT2D eigenvalue weighted by molar-refractivity contribution is 7.09. The van der Waals surface area contributed by atoms with Crippen LogP contribution in [-0.4, -0.2) is 41.3 Å². The quantitative estimate of drug-likeness (QED) is 0.789. The fourth-order valence-corrected chi connectivity index (χ4v) is 2.55. The molecule has 18 heavy (non-hydrogen) atoms. The number of aromatic nitrogens is 1. The first kappa shape index (κ1) is 15.6. The molecule has 1 heterocycles. The van der Waals surface area contributed by atoms with Gasteiger partial charge in [-0.3, -0.25) is 4.90 Å². The maximum Gasteiger partial charge on any atom is 0.122 e. The summed E-state index contributed by atoms with van der Waals surface area (Å²) >= 11 is 1.64. The zero-order valence-electron chi connectivity index (χ0n) is 11.7. The molecular weight excluding hydrogens is 248 g/mol. The summed E-state index contributed by atoms with van der Waals surface area (Å²) in [6.07, 6.45) is 0.601. The molecule has 0 amide bonds. The van der Waals surface area contributed by atoms with Crippen molar-refractivity contribution in [3.63, 3.8) is 0 Å². The van der Waals surface area contributed by atoms with Gasteiger partial charge in [-0.2, -0.15) is 0 Å². The lowest BCUT2D eigenvalue weighted by Crippen LogP contribution is -2.28. The van der Waals surface area contributed by atoms with Crippen molar-refractivity contribution in [2.75, 3.05) is 20.2 Å². The van der Waals surface area contributed by atoms with Gasteiger partial charge in [0, 0.05) is 25.1 Å². The van der Waals surface area contributed by atoms with Gasteiger partial charge in [-0.1, -0.05) is 6.92 Å². The molecule has 0 aliphatic carbocycles. The van der Waals surface area contributed by atoms with E-state index in [0.29, 0.717) is 13.2 Å². The van der Waals surface area contributed by atoms with E-state index in [1.54, 1.807) is 11.3 Å². The van der Waals surface area contributed by atoms with Crippen LogP contribution in [0.25, 0.3) is 0 Å². The van der Waals surface area contributed by atoms with Crippen LogP contribution in [0.15, 0.2) is 5.38 Å². The first-order chi connectivity index (χ1) is 8.56. The van der Waals surface area contributed by atoms with Gasteiger partial charge in [0.25, 0.3) is 0 Å². The Bertz CT molecular complexity index is 343. The Kier molecular flexibility index (Phi) is 6.78. The van der Waals surface area contributed by atoms with Crippen molar-refractivity contribution >= 4 is 11.3 Å². The summed E-state index contributed by atoms with van der Waals surface area (Å²) in [6.45, 7) is 8.17. The van der Waals surface area contributed by atoms with E-state index in [1.165, 1.54) is 0 Å². The Labute approximate surface area is 114 Å². The lowest BCUT2D eigenvalue weighted by molar-refractivity contribution is 0.0759. The molecule has 1 rings (SSSR count). The third-order valence-corrected chi connectivity index (χ3v) is 3.81. The number of nitrogens with zero attached hydrogens (tertiary/aromatic N) is 2. The molecule has 0 aliphatic heterocycles. The van der Waals surface area contributed by atoms with E-state index in [9.17, 15) is 5.11 Å². The molecule has 5 heteroatoms. The molecule has 0 spiro atoms. The molecular formula is C13H24N2O2S. The number of aliphatic hydroxyl groups is 1. The third kappa shape index (κ3) is 5.02. The molecule has 1 N–H and O–H groups in total. The molecule has 0 aliphatic rings. The van der Waals surface area contributed by atoms with E-state index in [2.05, 4.69) is 15.3 Å². The molecule has 1 aromatic heterocycles. The van der Waals surface area contributed by atoms with Crippen LogP contribution in [0.3, 0.4) is 0 Å². The van der Waals surface area contributed by atoms with Gasteiger partial charge in [0.2, 0.25) is 0 Å². The topological polar surface area (TPSA) is 45.6 Å². The molecule has 2 atom stereocenters. The first-order valence-electron chi connectivity index (χ1n) is 6.49. The average Bonchev–Trinajstić information content (AvgIpc) is 2.77. The van der Waals surface area contributed by atoms with E-state index in [1.807, 2.05) is 27.8 Å². The Morgan fingerprint density at radius 3 is 2.83 bits per heavy atom. The monoisotopic (exact) mass is 272 g/mol. The second-order valence-electron chi connectivity index (χ2n) is 4.53. The van der Waals surface area contributed by atoms with Crippen molar-refractivity contribution < 1.29 is 9.84 Å². The zero-order chi connectivity index (χ0) is 13.5. The van der Waals surface area contributed by atoms with E-state index in [4.69, 9.17) is 4.74 Å². The van der Waals surface area contributed by atoms with Gasteiger partial charge in [0.1, 0.15) is 11.1 Å². The van der Waals surface area contributed by atoms with Crippen molar-refractivity contribution in [1.82, 2.24) is 9.88 Å². The number of hydrogen-bond acceptors (Lipinski definition) is 5. The SMILES string of the molecule is CCOC(C)c1nc(CN(C)C[C@H](O)CC)cs1. The van der Waals surface area contributed by atoms with Crippen molar-refractivity contribution in [3.8, 4) is 0 Å². The highest BCUT2D eigenvalue weighted by Crippen LogP contribution is 2.21. The number of likely N-dealkylation sites (N-methyl/N-ethyl adjacent to an activating group) is 1. The minimum absolute atomic E-state index is 0.0697. The molecule has 4 nitrogen and oxygen atoms in total. The van der Waals surface area contributed by atoms with Gasteiger partial charge in [0.05, 0.1) is 11.8 Å². The molecule has 0 saturated heterocycles. The van der Waals surface area contributed by atoms with Gasteiger partial charge in [-0.15, -0.1) is 11.3 Å². The molecule has 0 fully saturated rings. The van der Waals surface area contributed by atoms with Crippen LogP contribution in [0.2, 0.25) is 0 Å². The third-order valence-electron chi connectivity index (χ3n) is 2.76. The lowest BCUT2D eigenvalue weighted by atomic mass is 10.2. The smallest absolute Gasteiger partial charge is 0.122 e. The number of thiazole rings is 1. The molecule has 1 unspecified atom stereocenters. The van der Waals surface area contributed by atoms with Crippen LogP contribution in [0.5, 0.6) is 0 Å². The number of ether oxygens (including phenoxy) is 1. The summed E-state index contributed by atoms with van der Waals surface area (Å²) < 4.78 is 5.52. The molecule has 0 radical (unpaired) electrons. The highest BCUT2D eigenvalue weighted by atomic mass is 32.1. The fraction of sp³-hybridized carbons (Fsp3) is 0.769. The van der Waals surface area contributed by atoms with Crippen molar-refractivity contribution in [1.29, 1.82) is 0 Å². The molecule has 0 saturated carbocycles. The minimum atomic E-state index is -0.254. The van der Waals surface area contributed by atoms with Crippen LogP contribution in [0, 0.1) is 0 Å². The normalized spacial score (nSPS) is 15.0. The largest absolute Gasteiger partial charge is 0.392 e. The summed E-state index contributed by atoms with van der Waals surface area (Å²) in [5, 5.41) is 12.7. The van der Waals surface area contributed by atoms with Gasteiger partial charge >= 0.3 is 0 Å². The second-order valence-corrected chi connectivity index (χ2v) is 5.42. The van der Waals surface area contributed by atoms with Crippen molar-refractivity contribution in [2.24, 2.45) is 0 Å². The predicted molar refractivity (Wildman–Crippen MR) is 74.8 cm³/mol. The highest BCUT2D eigenvalue weighted by Gasteiger charge is 2.12. The molecule has 1 aromatic rings. The van der Waals surface area contributed by atoms with Gasteiger partial charge in [-0.25, -0.2) is 4.98 Å². The van der Waals surface area contributed by atoms with Crippen LogP contribution >= 0.6 is 11.3 Å². The second kappa shape index (κ2) is 7.84. The van der Waals surface area contributed by atoms with E-state index in [0.717, 1.165) is 23.7 Å². The van der Waals surface area contributed by atoms with Gasteiger partial charge in [-0.05, 0) is 27.3 Å². The lowest BCUT2D eigenvalue weighted by Gasteiger charge is -2.18. The van der Waals surface area contributed by atoms with E-state index < -0.39 is 0 Å². The number of rotatable bonds is 8. The van der Waals surface area contributed by atoms with Crippen LogP contribution in [0.1, 0.15) is 44.0 Å². The van der Waals surface area contributed by atoms with E-state index >= 15 is 0 Å². The maximum absolute atomic E-state index is 9.59. The zero-order valence-corrected chi connectivity index (χ0v) is 12.5. The first-order valence-corrected chi connectivity index (χ1v) is 7.37. The van der Waals surface area contributed by atoms with Crippen molar-refractivity contribution in [3.05, 3.63) is 16.1 Å². The Morgan fingerprint density at radius 1 is 1.50 bits per heavy atom. The summed E-state index contributed by atoms with van der Waals surface area (Å²) in [5.41, 5.74) is 1.05. The maximum atomic E-state index is 9.59. The summed E-state index contributed by atoms with van der Waals surface area (Å²) in [4.78, 5) is 6.67. The standard InChI is InChI=1S/C13H24N2O2S/c1-5-12(16)8-15(4)7-11-9-18-13(14-11)10(3)17-6-2/h9-10,12,16H,5-8H2,1-4H3/t10?,12-/m1/s1. The predicted octanol–water partition coefficient (Wildman–Crippen LogP) is 2.44. The average molecular weight is 272 g/mol. The molecule has 0 bridgehead atoms. The van der Waals surface area contributed by atoms with Gasteiger partial charge < -0.3 is 9.84 Å². The van der Waals surface area contributed by atoms with E-state index in [-0.39, 0.29) is 12.2 Å². The van der Waals surface area contributed by atoms with Crippen molar-refractivity contribution in [2.45, 2.75) is 45.9 Å².